The summed E-state index contributed by atoms with van der Waals surface area (Å²) in [5.41, 5.74) is 8.15. The van der Waals surface area contributed by atoms with Crippen molar-refractivity contribution in [2.75, 3.05) is 20.8 Å². The summed E-state index contributed by atoms with van der Waals surface area (Å²) in [6.07, 6.45) is 0.988. The molecule has 6 nitrogen and oxygen atoms in total. The third-order valence-corrected chi connectivity index (χ3v) is 7.56. The summed E-state index contributed by atoms with van der Waals surface area (Å²) in [6, 6.07) is 12.8. The van der Waals surface area contributed by atoms with Crippen LogP contribution in [-0.2, 0) is 13.0 Å². The quantitative estimate of drug-likeness (QED) is 0.407. The van der Waals surface area contributed by atoms with E-state index in [1.807, 2.05) is 17.7 Å². The van der Waals surface area contributed by atoms with Gasteiger partial charge in [-0.05, 0) is 77.7 Å². The number of fused-ring (bicyclic) bond motifs is 3. The molecular weight excluding hydrogens is 468 g/mol. The van der Waals surface area contributed by atoms with Crippen LogP contribution in [0.5, 0.6) is 11.5 Å². The number of aromatic amines is 1. The number of aryl methyl sites for hydroxylation is 1. The summed E-state index contributed by atoms with van der Waals surface area (Å²) in [6.45, 7) is 5.67. The fraction of sp³-hybridized carbons (Fsp3) is 0.320. The van der Waals surface area contributed by atoms with E-state index >= 15 is 0 Å². The van der Waals surface area contributed by atoms with Crippen molar-refractivity contribution in [2.24, 2.45) is 0 Å². The molecule has 0 bridgehead atoms. The van der Waals surface area contributed by atoms with Crippen LogP contribution < -0.4 is 14.8 Å². The van der Waals surface area contributed by atoms with E-state index in [1.165, 1.54) is 22.2 Å². The predicted octanol–water partition coefficient (Wildman–Crippen LogP) is 5.04. The summed E-state index contributed by atoms with van der Waals surface area (Å²) in [5, 5.41) is 9.63. The first-order chi connectivity index (χ1) is 15.5. The first-order valence-electron chi connectivity index (χ1n) is 10.8. The average Bonchev–Trinajstić information content (AvgIpc) is 3.30. The number of hydrogen-bond donors (Lipinski definition) is 2. The van der Waals surface area contributed by atoms with Crippen molar-refractivity contribution in [1.29, 1.82) is 0 Å². The van der Waals surface area contributed by atoms with E-state index in [0.717, 1.165) is 51.4 Å². The fourth-order valence-corrected chi connectivity index (χ4v) is 4.99. The zero-order valence-corrected chi connectivity index (χ0v) is 20.3. The predicted molar refractivity (Wildman–Crippen MR) is 130 cm³/mol. The van der Waals surface area contributed by atoms with Gasteiger partial charge in [0.2, 0.25) is 0 Å². The fourth-order valence-electron chi connectivity index (χ4n) is 4.71. The van der Waals surface area contributed by atoms with Crippen molar-refractivity contribution >= 4 is 26.8 Å². The molecule has 0 amide bonds. The third-order valence-electron chi connectivity index (χ3n) is 6.41. The summed E-state index contributed by atoms with van der Waals surface area (Å²) in [4.78, 5) is 3.66. The molecular formula is C25H27BrN4O2. The maximum atomic E-state index is 5.68. The van der Waals surface area contributed by atoms with Gasteiger partial charge in [-0.2, -0.15) is 5.10 Å². The highest BCUT2D eigenvalue weighted by Crippen LogP contribution is 2.36. The highest BCUT2D eigenvalue weighted by Gasteiger charge is 2.26. The van der Waals surface area contributed by atoms with E-state index in [2.05, 4.69) is 68.6 Å². The Kier molecular flexibility index (Phi) is 5.47. The third kappa shape index (κ3) is 3.49. The minimum Gasteiger partial charge on any atom is -0.497 e. The highest BCUT2D eigenvalue weighted by molar-refractivity contribution is 9.10. The molecule has 3 heterocycles. The van der Waals surface area contributed by atoms with Crippen LogP contribution in [0.2, 0.25) is 0 Å². The number of rotatable bonds is 5. The minimum atomic E-state index is 0.0917. The van der Waals surface area contributed by atoms with E-state index in [4.69, 9.17) is 9.47 Å². The second-order valence-electron chi connectivity index (χ2n) is 8.28. The van der Waals surface area contributed by atoms with Crippen LogP contribution in [0.4, 0.5) is 0 Å². The Labute approximate surface area is 196 Å². The molecule has 166 valence electrons. The molecule has 1 aliphatic rings. The molecule has 0 unspecified atom stereocenters. The zero-order chi connectivity index (χ0) is 22.4. The number of halogens is 1. The van der Waals surface area contributed by atoms with Gasteiger partial charge in [-0.3, -0.25) is 4.68 Å². The van der Waals surface area contributed by atoms with Crippen LogP contribution in [0, 0.1) is 13.8 Å². The monoisotopic (exact) mass is 494 g/mol. The summed E-state index contributed by atoms with van der Waals surface area (Å²) in [7, 11) is 3.43. The maximum absolute atomic E-state index is 5.68. The number of methoxy groups -OCH3 is 2. The molecule has 0 saturated heterocycles. The largest absolute Gasteiger partial charge is 0.497 e. The molecule has 1 aliphatic heterocycles. The number of hydrogen-bond acceptors (Lipinski definition) is 4. The Bertz CT molecular complexity index is 1310. The van der Waals surface area contributed by atoms with Gasteiger partial charge in [0, 0.05) is 28.7 Å². The van der Waals surface area contributed by atoms with E-state index in [1.54, 1.807) is 14.2 Å². The van der Waals surface area contributed by atoms with Crippen molar-refractivity contribution in [3.05, 3.63) is 74.6 Å². The van der Waals surface area contributed by atoms with Gasteiger partial charge < -0.3 is 19.8 Å². The first kappa shape index (κ1) is 21.1. The number of H-pyrrole nitrogens is 1. The van der Waals surface area contributed by atoms with E-state index < -0.39 is 0 Å². The lowest BCUT2D eigenvalue weighted by atomic mass is 9.93. The minimum absolute atomic E-state index is 0.0917. The Balaban J connectivity index is 1.56. The van der Waals surface area contributed by atoms with Crippen LogP contribution in [0.1, 0.15) is 39.8 Å². The molecule has 2 aromatic heterocycles. The molecule has 1 atom stereocenters. The van der Waals surface area contributed by atoms with Gasteiger partial charge in [-0.15, -0.1) is 0 Å². The molecule has 0 fully saturated rings. The van der Waals surface area contributed by atoms with Gasteiger partial charge >= 0.3 is 0 Å². The smallest absolute Gasteiger partial charge is 0.123 e. The van der Waals surface area contributed by atoms with Gasteiger partial charge in [-0.1, -0.05) is 6.07 Å². The molecule has 0 aliphatic carbocycles. The van der Waals surface area contributed by atoms with Crippen molar-refractivity contribution in [1.82, 2.24) is 20.1 Å². The highest BCUT2D eigenvalue weighted by atomic mass is 79.9. The van der Waals surface area contributed by atoms with Crippen LogP contribution >= 0.6 is 15.9 Å². The number of aromatic nitrogens is 3. The van der Waals surface area contributed by atoms with E-state index in [0.29, 0.717) is 6.54 Å². The Morgan fingerprint density at radius 2 is 1.97 bits per heavy atom. The number of nitrogens with zero attached hydrogens (tertiary/aromatic N) is 2. The number of nitrogens with one attached hydrogen (secondary N) is 2. The topological polar surface area (TPSA) is 64.1 Å². The lowest BCUT2D eigenvalue weighted by Gasteiger charge is -2.26. The average molecular weight is 495 g/mol. The van der Waals surface area contributed by atoms with Gasteiger partial charge in [0.05, 0.1) is 42.7 Å². The van der Waals surface area contributed by atoms with Crippen LogP contribution in [0.15, 0.2) is 40.9 Å². The van der Waals surface area contributed by atoms with Crippen molar-refractivity contribution in [3.63, 3.8) is 0 Å². The van der Waals surface area contributed by atoms with Crippen LogP contribution in [0.3, 0.4) is 0 Å². The lowest BCUT2D eigenvalue weighted by molar-refractivity contribution is 0.406. The van der Waals surface area contributed by atoms with Gasteiger partial charge in [-0.25, -0.2) is 0 Å². The van der Waals surface area contributed by atoms with Crippen molar-refractivity contribution in [2.45, 2.75) is 32.9 Å². The maximum Gasteiger partial charge on any atom is 0.123 e. The molecule has 32 heavy (non-hydrogen) atoms. The molecule has 2 aromatic carbocycles. The van der Waals surface area contributed by atoms with Crippen LogP contribution in [-0.4, -0.2) is 35.5 Å². The van der Waals surface area contributed by atoms with Crippen molar-refractivity contribution in [3.8, 4) is 11.5 Å². The lowest BCUT2D eigenvalue weighted by Crippen LogP contribution is -2.30. The Hall–Kier alpha value is -2.77. The molecule has 4 aromatic rings. The van der Waals surface area contributed by atoms with E-state index in [9.17, 15) is 0 Å². The number of ether oxygens (including phenoxy) is 2. The normalized spacial score (nSPS) is 15.7. The summed E-state index contributed by atoms with van der Waals surface area (Å²) < 4.78 is 14.2. The summed E-state index contributed by atoms with van der Waals surface area (Å²) >= 11 is 3.63. The second kappa shape index (κ2) is 8.30. The molecule has 2 N–H and O–H groups in total. The Morgan fingerprint density at radius 1 is 1.12 bits per heavy atom. The van der Waals surface area contributed by atoms with Crippen LogP contribution in [0.25, 0.3) is 10.9 Å². The molecule has 5 rings (SSSR count). The number of benzene rings is 2. The van der Waals surface area contributed by atoms with E-state index in [-0.39, 0.29) is 6.04 Å². The second-order valence-corrected chi connectivity index (χ2v) is 9.07. The molecule has 0 radical (unpaired) electrons. The molecule has 0 saturated carbocycles. The SMILES string of the molecule is COc1ccc2[nH]c3c(c2c1)CCN[C@@H]3c1ccc(OC)c(Cn2nc(C)c(Br)c2C)c1. The van der Waals surface area contributed by atoms with Gasteiger partial charge in [0.25, 0.3) is 0 Å². The molecule has 0 spiro atoms. The molecule has 7 heteroatoms. The summed E-state index contributed by atoms with van der Waals surface area (Å²) in [5.74, 6) is 1.76. The standard InChI is InChI=1S/C25H27BrN4O2/c1-14-23(26)15(2)30(29-14)13-17-11-16(5-8-22(17)32-4)24-25-19(9-10-27-24)20-12-18(31-3)6-7-21(20)28-25/h5-8,11-12,24,27-28H,9-10,13H2,1-4H3/t24-/m1/s1. The zero-order valence-electron chi connectivity index (χ0n) is 18.8. The van der Waals surface area contributed by atoms with Crippen molar-refractivity contribution < 1.29 is 9.47 Å². The van der Waals surface area contributed by atoms with Gasteiger partial charge in [0.1, 0.15) is 11.5 Å². The first-order valence-corrected chi connectivity index (χ1v) is 11.6. The van der Waals surface area contributed by atoms with Gasteiger partial charge in [0.15, 0.2) is 0 Å². The Morgan fingerprint density at radius 3 is 2.69 bits per heavy atom.